The van der Waals surface area contributed by atoms with Gasteiger partial charge in [0.2, 0.25) is 0 Å². The molecule has 6 nitrogen and oxygen atoms in total. The van der Waals surface area contributed by atoms with Crippen molar-refractivity contribution in [1.82, 2.24) is 0 Å². The van der Waals surface area contributed by atoms with Crippen LogP contribution >= 0.6 is 0 Å². The van der Waals surface area contributed by atoms with Gasteiger partial charge in [0.25, 0.3) is 11.7 Å². The fourth-order valence-corrected chi connectivity index (χ4v) is 4.05. The van der Waals surface area contributed by atoms with Crippen LogP contribution in [0.25, 0.3) is 5.76 Å². The molecule has 1 aliphatic rings. The summed E-state index contributed by atoms with van der Waals surface area (Å²) >= 11 is 0. The molecular weight excluding hydrogens is 430 g/mol. The number of aromatic hydroxyl groups is 1. The first-order chi connectivity index (χ1) is 16.3. The fraction of sp³-hybridized carbons (Fsp3) is 0.214. The summed E-state index contributed by atoms with van der Waals surface area (Å²) in [6.07, 6.45) is 0.831. The Labute approximate surface area is 198 Å². The summed E-state index contributed by atoms with van der Waals surface area (Å²) in [4.78, 5) is 27.9. The maximum absolute atomic E-state index is 13.3. The summed E-state index contributed by atoms with van der Waals surface area (Å²) in [5, 5.41) is 21.1. The number of ether oxygens (including phenoxy) is 1. The molecule has 0 bridgehead atoms. The Bertz CT molecular complexity index is 1280. The van der Waals surface area contributed by atoms with Gasteiger partial charge in [0.1, 0.15) is 17.3 Å². The molecule has 6 heteroatoms. The van der Waals surface area contributed by atoms with Gasteiger partial charge in [0.15, 0.2) is 0 Å². The van der Waals surface area contributed by atoms with Gasteiger partial charge in [-0.25, -0.2) is 0 Å². The second kappa shape index (κ2) is 9.43. The van der Waals surface area contributed by atoms with Gasteiger partial charge in [0, 0.05) is 11.3 Å². The van der Waals surface area contributed by atoms with Crippen molar-refractivity contribution < 1.29 is 24.5 Å². The number of hydrogen-bond donors (Lipinski definition) is 2. The van der Waals surface area contributed by atoms with E-state index in [1.54, 1.807) is 42.5 Å². The van der Waals surface area contributed by atoms with E-state index >= 15 is 0 Å². The number of hydrogen-bond acceptors (Lipinski definition) is 5. The van der Waals surface area contributed by atoms with Crippen molar-refractivity contribution in [2.45, 2.75) is 33.2 Å². The predicted octanol–water partition coefficient (Wildman–Crippen LogP) is 5.42. The van der Waals surface area contributed by atoms with Gasteiger partial charge in [-0.2, -0.15) is 0 Å². The first-order valence-corrected chi connectivity index (χ1v) is 11.2. The van der Waals surface area contributed by atoms with E-state index in [2.05, 4.69) is 0 Å². The lowest BCUT2D eigenvalue weighted by atomic mass is 9.95. The standard InChI is InChI=1S/C28H27NO5/c1-4-14-34-23-7-5-6-20(16-23)26(31)24-25(19-9-12-22(30)13-10-19)29(28(33)27(24)32)21-11-8-17(2)18(3)15-21/h5-13,15-16,25,30-31H,4,14H2,1-3H3/b26-24+. The van der Waals surface area contributed by atoms with Crippen LogP contribution in [0.3, 0.4) is 0 Å². The zero-order valence-electron chi connectivity index (χ0n) is 19.4. The molecule has 0 spiro atoms. The lowest BCUT2D eigenvalue weighted by molar-refractivity contribution is -0.132. The quantitative estimate of drug-likeness (QED) is 0.293. The van der Waals surface area contributed by atoms with Crippen molar-refractivity contribution >= 4 is 23.1 Å². The van der Waals surface area contributed by atoms with Crippen LogP contribution in [-0.2, 0) is 9.59 Å². The molecule has 0 aliphatic carbocycles. The summed E-state index contributed by atoms with van der Waals surface area (Å²) in [5.41, 5.74) is 3.56. The number of anilines is 1. The van der Waals surface area contributed by atoms with E-state index in [9.17, 15) is 19.8 Å². The maximum atomic E-state index is 13.3. The van der Waals surface area contributed by atoms with Crippen molar-refractivity contribution in [2.75, 3.05) is 11.5 Å². The molecule has 3 aromatic carbocycles. The molecule has 0 radical (unpaired) electrons. The second-order valence-corrected chi connectivity index (χ2v) is 8.41. The molecule has 1 heterocycles. The first-order valence-electron chi connectivity index (χ1n) is 11.2. The average molecular weight is 458 g/mol. The molecule has 34 heavy (non-hydrogen) atoms. The minimum Gasteiger partial charge on any atom is -0.508 e. The number of nitrogens with zero attached hydrogens (tertiary/aromatic N) is 1. The molecule has 1 atom stereocenters. The number of amides is 1. The highest BCUT2D eigenvalue weighted by atomic mass is 16.5. The van der Waals surface area contributed by atoms with Crippen molar-refractivity contribution in [2.24, 2.45) is 0 Å². The van der Waals surface area contributed by atoms with E-state index in [1.807, 2.05) is 32.9 Å². The largest absolute Gasteiger partial charge is 0.508 e. The smallest absolute Gasteiger partial charge is 0.300 e. The normalized spacial score (nSPS) is 17.3. The molecule has 0 saturated carbocycles. The molecule has 1 saturated heterocycles. The van der Waals surface area contributed by atoms with E-state index in [1.165, 1.54) is 17.0 Å². The number of Topliss-reactive ketones (excluding diaryl/α,β-unsaturated/α-hetero) is 1. The fourth-order valence-electron chi connectivity index (χ4n) is 4.05. The zero-order chi connectivity index (χ0) is 24.4. The number of carbonyl (C=O) groups is 2. The number of aliphatic hydroxyl groups is 1. The van der Waals surface area contributed by atoms with Gasteiger partial charge in [0.05, 0.1) is 18.2 Å². The number of ketones is 1. The third-order valence-electron chi connectivity index (χ3n) is 6.00. The van der Waals surface area contributed by atoms with Crippen LogP contribution in [-0.4, -0.2) is 28.5 Å². The Morgan fingerprint density at radius 3 is 2.38 bits per heavy atom. The molecule has 3 aromatic rings. The molecule has 1 fully saturated rings. The molecule has 1 amide bonds. The summed E-state index contributed by atoms with van der Waals surface area (Å²) in [7, 11) is 0. The van der Waals surface area contributed by atoms with Crippen LogP contribution in [0.15, 0.2) is 72.3 Å². The zero-order valence-corrected chi connectivity index (χ0v) is 19.4. The Morgan fingerprint density at radius 2 is 1.71 bits per heavy atom. The van der Waals surface area contributed by atoms with Crippen molar-refractivity contribution in [3.63, 3.8) is 0 Å². The first kappa shape index (κ1) is 23.1. The van der Waals surface area contributed by atoms with Gasteiger partial charge in [-0.1, -0.05) is 37.3 Å². The maximum Gasteiger partial charge on any atom is 0.300 e. The minimum absolute atomic E-state index is 0.0124. The van der Waals surface area contributed by atoms with Crippen LogP contribution in [0, 0.1) is 13.8 Å². The van der Waals surface area contributed by atoms with Gasteiger partial charge in [-0.15, -0.1) is 0 Å². The molecular formula is C28H27NO5. The molecule has 2 N–H and O–H groups in total. The van der Waals surface area contributed by atoms with E-state index in [-0.39, 0.29) is 17.1 Å². The van der Waals surface area contributed by atoms with Gasteiger partial charge in [-0.05, 0) is 73.4 Å². The molecule has 174 valence electrons. The van der Waals surface area contributed by atoms with E-state index in [4.69, 9.17) is 4.74 Å². The highest BCUT2D eigenvalue weighted by molar-refractivity contribution is 6.51. The number of carbonyl (C=O) groups excluding carboxylic acids is 2. The highest BCUT2D eigenvalue weighted by Gasteiger charge is 2.47. The van der Waals surface area contributed by atoms with Crippen LogP contribution in [0.4, 0.5) is 5.69 Å². The number of phenols is 1. The second-order valence-electron chi connectivity index (χ2n) is 8.41. The Hall–Kier alpha value is -4.06. The lowest BCUT2D eigenvalue weighted by Crippen LogP contribution is -2.29. The molecule has 4 rings (SSSR count). The lowest BCUT2D eigenvalue weighted by Gasteiger charge is -2.26. The summed E-state index contributed by atoms with van der Waals surface area (Å²) in [5.74, 6) is -1.14. The summed E-state index contributed by atoms with van der Waals surface area (Å²) in [6, 6.07) is 17.8. The van der Waals surface area contributed by atoms with Crippen LogP contribution < -0.4 is 9.64 Å². The number of aliphatic hydroxyl groups excluding tert-OH is 1. The number of benzene rings is 3. The third kappa shape index (κ3) is 4.27. The molecule has 1 aliphatic heterocycles. The third-order valence-corrected chi connectivity index (χ3v) is 6.00. The number of rotatable bonds is 6. The number of aryl methyl sites for hydroxylation is 2. The average Bonchev–Trinajstić information content (AvgIpc) is 3.10. The Kier molecular flexibility index (Phi) is 6.41. The Morgan fingerprint density at radius 1 is 0.971 bits per heavy atom. The SMILES string of the molecule is CCCOc1cccc(/C(O)=C2\C(=O)C(=O)N(c3ccc(C)c(C)c3)C2c2ccc(O)cc2)c1. The van der Waals surface area contributed by atoms with Gasteiger partial charge >= 0.3 is 0 Å². The van der Waals surface area contributed by atoms with E-state index in [0.29, 0.717) is 29.2 Å². The predicted molar refractivity (Wildman–Crippen MR) is 131 cm³/mol. The monoisotopic (exact) mass is 457 g/mol. The van der Waals surface area contributed by atoms with Crippen molar-refractivity contribution in [3.05, 3.63) is 94.6 Å². The number of phenolic OH excluding ortho intramolecular Hbond substituents is 1. The minimum atomic E-state index is -0.858. The van der Waals surface area contributed by atoms with Crippen LogP contribution in [0.1, 0.15) is 41.6 Å². The van der Waals surface area contributed by atoms with Crippen LogP contribution in [0.2, 0.25) is 0 Å². The topological polar surface area (TPSA) is 87.1 Å². The van der Waals surface area contributed by atoms with Crippen molar-refractivity contribution in [3.8, 4) is 11.5 Å². The summed E-state index contributed by atoms with van der Waals surface area (Å²) < 4.78 is 5.67. The molecule has 0 aromatic heterocycles. The van der Waals surface area contributed by atoms with Crippen molar-refractivity contribution in [1.29, 1.82) is 0 Å². The molecule has 1 unspecified atom stereocenters. The van der Waals surface area contributed by atoms with E-state index < -0.39 is 17.7 Å². The van der Waals surface area contributed by atoms with Gasteiger partial charge < -0.3 is 14.9 Å². The highest BCUT2D eigenvalue weighted by Crippen LogP contribution is 2.43. The Balaban J connectivity index is 1.89. The van der Waals surface area contributed by atoms with E-state index in [0.717, 1.165) is 17.5 Å². The van der Waals surface area contributed by atoms with Gasteiger partial charge in [-0.3, -0.25) is 14.5 Å². The summed E-state index contributed by atoms with van der Waals surface area (Å²) in [6.45, 7) is 6.43. The van der Waals surface area contributed by atoms with Crippen LogP contribution in [0.5, 0.6) is 11.5 Å².